The van der Waals surface area contributed by atoms with Crippen LogP contribution in [0.4, 0.5) is 0 Å². The number of hydrogen-bond acceptors (Lipinski definition) is 7. The fourth-order valence-electron chi connectivity index (χ4n) is 7.29. The van der Waals surface area contributed by atoms with Crippen molar-refractivity contribution in [2.24, 2.45) is 17.3 Å². The highest BCUT2D eigenvalue weighted by Crippen LogP contribution is 2.57. The lowest BCUT2D eigenvalue weighted by molar-refractivity contribution is -0.143. The second-order valence-electron chi connectivity index (χ2n) is 13.5. The predicted octanol–water partition coefficient (Wildman–Crippen LogP) is 7.75. The summed E-state index contributed by atoms with van der Waals surface area (Å²) in [7, 11) is 0. The van der Waals surface area contributed by atoms with Gasteiger partial charge in [0.25, 0.3) is 11.1 Å². The number of fused-ring (bicyclic) bond motifs is 3. The van der Waals surface area contributed by atoms with Crippen molar-refractivity contribution in [1.82, 2.24) is 15.4 Å². The summed E-state index contributed by atoms with van der Waals surface area (Å²) in [5.74, 6) is -0.323. The fourth-order valence-corrected chi connectivity index (χ4v) is 8.45. The lowest BCUT2D eigenvalue weighted by atomic mass is 9.90. The van der Waals surface area contributed by atoms with Crippen LogP contribution in [0.2, 0.25) is 5.02 Å². The fraction of sp³-hybridized carbons (Fsp3) is 0.385. The van der Waals surface area contributed by atoms with E-state index in [1.54, 1.807) is 23.1 Å². The maximum atomic E-state index is 14.5. The first-order valence-electron chi connectivity index (χ1n) is 17.2. The number of hydrogen-bond donors (Lipinski definition) is 1. The van der Waals surface area contributed by atoms with Crippen LogP contribution in [0.3, 0.4) is 0 Å². The van der Waals surface area contributed by atoms with E-state index < -0.39 is 17.6 Å². The van der Waals surface area contributed by atoms with Crippen LogP contribution >= 0.6 is 22.9 Å². The van der Waals surface area contributed by atoms with Crippen molar-refractivity contribution in [2.45, 2.75) is 69.9 Å². The second kappa shape index (κ2) is 14.7. The first kappa shape index (κ1) is 33.3. The number of hydroxylamine groups is 1. The summed E-state index contributed by atoms with van der Waals surface area (Å²) < 4.78 is 7.30. The Bertz CT molecular complexity index is 1830. The van der Waals surface area contributed by atoms with Gasteiger partial charge in [-0.15, -0.1) is 0 Å². The van der Waals surface area contributed by atoms with Crippen molar-refractivity contribution in [3.05, 3.63) is 102 Å². The Morgan fingerprint density at radius 3 is 2.63 bits per heavy atom. The number of para-hydroxylation sites is 1. The van der Waals surface area contributed by atoms with Crippen LogP contribution in [-0.4, -0.2) is 46.2 Å². The zero-order chi connectivity index (χ0) is 33.8. The zero-order valence-corrected chi connectivity index (χ0v) is 28.8. The number of carbonyl (C=O) groups excluding carboxylic acids is 3. The van der Waals surface area contributed by atoms with Crippen LogP contribution < -0.4 is 15.1 Å². The molecule has 49 heavy (non-hydrogen) atoms. The molecule has 1 saturated carbocycles. The quantitative estimate of drug-likeness (QED) is 0.157. The average Bonchev–Trinajstić information content (AvgIpc) is 3.41. The van der Waals surface area contributed by atoms with Crippen molar-refractivity contribution >= 4 is 50.8 Å². The number of amides is 2. The summed E-state index contributed by atoms with van der Waals surface area (Å²) in [4.78, 5) is 54.7. The van der Waals surface area contributed by atoms with Gasteiger partial charge in [-0.05, 0) is 73.9 Å². The van der Waals surface area contributed by atoms with Gasteiger partial charge in [-0.25, -0.2) is 4.98 Å². The molecule has 1 saturated heterocycles. The monoisotopic (exact) mass is 697 g/mol. The predicted molar refractivity (Wildman–Crippen MR) is 190 cm³/mol. The molecule has 2 amide bonds. The van der Waals surface area contributed by atoms with Gasteiger partial charge in [0, 0.05) is 23.8 Å². The molecular formula is C39H40ClN3O5S. The molecule has 254 valence electrons. The molecule has 1 aromatic heterocycles. The van der Waals surface area contributed by atoms with Crippen molar-refractivity contribution in [3.8, 4) is 10.9 Å². The molecule has 1 aliphatic carbocycles. The van der Waals surface area contributed by atoms with E-state index in [-0.39, 0.29) is 42.4 Å². The van der Waals surface area contributed by atoms with Gasteiger partial charge in [0.1, 0.15) is 6.10 Å². The Kier molecular flexibility index (Phi) is 10.0. The number of thiazole rings is 1. The van der Waals surface area contributed by atoms with Gasteiger partial charge < -0.3 is 14.5 Å². The summed E-state index contributed by atoms with van der Waals surface area (Å²) in [6, 6.07) is 23.9. The molecule has 2 aliphatic heterocycles. The van der Waals surface area contributed by atoms with Gasteiger partial charge in [0.2, 0.25) is 5.91 Å². The molecule has 4 aromatic rings. The minimum Gasteiger partial charge on any atom is -0.465 e. The van der Waals surface area contributed by atoms with Gasteiger partial charge in [-0.1, -0.05) is 96.5 Å². The molecule has 5 atom stereocenters. The molecule has 10 heteroatoms. The Labute approximate surface area is 295 Å². The number of ketones is 1. The normalized spacial score (nSPS) is 26.6. The van der Waals surface area contributed by atoms with Gasteiger partial charge in [-0.3, -0.25) is 14.4 Å². The molecule has 0 spiro atoms. The minimum atomic E-state index is -0.939. The van der Waals surface area contributed by atoms with Crippen LogP contribution in [0, 0.1) is 17.3 Å². The third kappa shape index (κ3) is 7.68. The smallest absolute Gasteiger partial charge is 0.274 e. The van der Waals surface area contributed by atoms with Crippen molar-refractivity contribution < 1.29 is 24.0 Å². The highest BCUT2D eigenvalue weighted by Gasteiger charge is 2.61. The van der Waals surface area contributed by atoms with Crippen LogP contribution in [0.5, 0.6) is 10.9 Å². The SMILES string of the molecule is O=C1C[C@]2(C(=O)NOc3ccccc3)C[C@@H]2/C=C\CCCCC[C@H](Cc2ccccc2)C(=O)N2C[C@H](Oc3nc4ccc(Cl)cc4s3)C[C@@H]12. The van der Waals surface area contributed by atoms with Crippen molar-refractivity contribution in [3.63, 3.8) is 0 Å². The summed E-state index contributed by atoms with van der Waals surface area (Å²) in [5, 5.41) is 1.10. The van der Waals surface area contributed by atoms with Crippen molar-refractivity contribution in [1.29, 1.82) is 0 Å². The summed E-state index contributed by atoms with van der Waals surface area (Å²) in [6.07, 6.45) is 9.86. The molecule has 3 aromatic carbocycles. The number of allylic oxidation sites excluding steroid dienone is 2. The number of benzene rings is 3. The third-order valence-corrected chi connectivity index (χ3v) is 11.2. The minimum absolute atomic E-state index is 0.0101. The highest BCUT2D eigenvalue weighted by atomic mass is 35.5. The van der Waals surface area contributed by atoms with E-state index in [0.29, 0.717) is 35.2 Å². The molecule has 3 heterocycles. The highest BCUT2D eigenvalue weighted by molar-refractivity contribution is 7.20. The molecule has 0 radical (unpaired) electrons. The molecule has 0 unspecified atom stereocenters. The number of rotatable bonds is 7. The molecule has 2 fully saturated rings. The molecule has 8 nitrogen and oxygen atoms in total. The number of ether oxygens (including phenoxy) is 1. The van der Waals surface area contributed by atoms with Crippen LogP contribution in [0.15, 0.2) is 91.0 Å². The van der Waals surface area contributed by atoms with Crippen molar-refractivity contribution in [2.75, 3.05) is 6.54 Å². The zero-order valence-electron chi connectivity index (χ0n) is 27.3. The van der Waals surface area contributed by atoms with E-state index >= 15 is 0 Å². The lowest BCUT2D eigenvalue weighted by Crippen LogP contribution is -2.46. The first-order valence-corrected chi connectivity index (χ1v) is 18.4. The third-order valence-electron chi connectivity index (χ3n) is 10.1. The van der Waals surface area contributed by atoms with E-state index in [1.165, 1.54) is 11.3 Å². The largest absolute Gasteiger partial charge is 0.465 e. The number of nitrogens with one attached hydrogen (secondary N) is 1. The second-order valence-corrected chi connectivity index (χ2v) is 14.9. The lowest BCUT2D eigenvalue weighted by Gasteiger charge is -2.29. The van der Waals surface area contributed by atoms with E-state index in [9.17, 15) is 14.4 Å². The maximum absolute atomic E-state index is 14.5. The average molecular weight is 698 g/mol. The van der Waals surface area contributed by atoms with Crippen LogP contribution in [-0.2, 0) is 20.8 Å². The molecule has 7 rings (SSSR count). The number of Topliss-reactive ketones (excluding diaryl/α,β-unsaturated/α-hetero) is 1. The van der Waals surface area contributed by atoms with Crippen LogP contribution in [0.1, 0.15) is 56.9 Å². The van der Waals surface area contributed by atoms with E-state index in [4.69, 9.17) is 21.2 Å². The number of carbonyl (C=O) groups is 3. The number of halogens is 1. The number of nitrogens with zero attached hydrogens (tertiary/aromatic N) is 2. The van der Waals surface area contributed by atoms with E-state index in [0.717, 1.165) is 47.9 Å². The summed E-state index contributed by atoms with van der Waals surface area (Å²) in [6.45, 7) is 0.275. The Morgan fingerprint density at radius 1 is 1.02 bits per heavy atom. The van der Waals surface area contributed by atoms with Gasteiger partial charge >= 0.3 is 0 Å². The van der Waals surface area contributed by atoms with Gasteiger partial charge in [0.05, 0.1) is 28.2 Å². The standard InChI is InChI=1S/C39H40ClN3O5S/c40-29-18-19-32-35(21-29)49-38(41-32)47-31-22-33-34(44)24-39(37(46)42-48-30-16-10-5-11-17-30)23-28(39)15-9-3-1-2-8-14-27(36(45)43(33)25-31)20-26-12-6-4-7-13-26/h4-7,9-13,15-19,21,27-28,31,33H,1-3,8,14,20,22-25H2,(H,42,46)/b15-9-/t27-,28+,31-,33+,39-/m1/s1. The molecular weight excluding hydrogens is 658 g/mol. The summed E-state index contributed by atoms with van der Waals surface area (Å²) >= 11 is 7.61. The Hall–Kier alpha value is -4.21. The number of aromatic nitrogens is 1. The van der Waals surface area contributed by atoms with E-state index in [1.807, 2.05) is 48.5 Å². The topological polar surface area (TPSA) is 97.8 Å². The maximum Gasteiger partial charge on any atom is 0.274 e. The van der Waals surface area contributed by atoms with E-state index in [2.05, 4.69) is 34.7 Å². The molecule has 1 N–H and O–H groups in total. The van der Waals surface area contributed by atoms with Gasteiger partial charge in [0.15, 0.2) is 11.5 Å². The molecule has 3 aliphatic rings. The van der Waals surface area contributed by atoms with Crippen LogP contribution in [0.25, 0.3) is 10.2 Å². The molecule has 0 bridgehead atoms. The Balaban J connectivity index is 1.16. The first-order chi connectivity index (χ1) is 23.9. The van der Waals surface area contributed by atoms with Gasteiger partial charge in [-0.2, -0.15) is 5.48 Å². The Morgan fingerprint density at radius 2 is 1.82 bits per heavy atom. The summed E-state index contributed by atoms with van der Waals surface area (Å²) in [5.41, 5.74) is 3.57.